The normalized spacial score (nSPS) is 10.5. The molecule has 0 saturated heterocycles. The molecule has 0 radical (unpaired) electrons. The highest BCUT2D eigenvalue weighted by atomic mass is 16.5. The Morgan fingerprint density at radius 3 is 2.74 bits per heavy atom. The molecule has 1 aromatic rings. The van der Waals surface area contributed by atoms with E-state index in [1.807, 2.05) is 0 Å². The minimum Gasteiger partial charge on any atom is -0.476 e. The van der Waals surface area contributed by atoms with Crippen molar-refractivity contribution in [3.05, 3.63) is 18.5 Å². The van der Waals surface area contributed by atoms with Crippen LogP contribution in [-0.2, 0) is 11.3 Å². The Labute approximate surface area is 114 Å². The number of nitrogen functional groups attached to an aromatic ring is 1. The van der Waals surface area contributed by atoms with Crippen molar-refractivity contribution < 1.29 is 9.47 Å². The highest BCUT2D eigenvalue weighted by molar-refractivity contribution is 5.67. The van der Waals surface area contributed by atoms with Crippen LogP contribution in [0.5, 0.6) is 5.88 Å². The van der Waals surface area contributed by atoms with Crippen molar-refractivity contribution in [1.29, 1.82) is 0 Å². The van der Waals surface area contributed by atoms with Gasteiger partial charge in [0.05, 0.1) is 6.61 Å². The molecule has 19 heavy (non-hydrogen) atoms. The lowest BCUT2D eigenvalue weighted by Crippen LogP contribution is -2.13. The molecule has 0 aliphatic carbocycles. The van der Waals surface area contributed by atoms with E-state index in [1.165, 1.54) is 0 Å². The van der Waals surface area contributed by atoms with Crippen LogP contribution in [0.1, 0.15) is 19.7 Å². The molecule has 0 saturated carbocycles. The molecule has 0 unspecified atom stereocenters. The summed E-state index contributed by atoms with van der Waals surface area (Å²) in [6, 6.07) is 0. The predicted molar refractivity (Wildman–Crippen MR) is 76.2 cm³/mol. The van der Waals surface area contributed by atoms with Crippen molar-refractivity contribution in [2.24, 2.45) is 5.92 Å². The molecule has 0 aliphatic heterocycles. The molecule has 6 nitrogen and oxygen atoms in total. The van der Waals surface area contributed by atoms with Crippen LogP contribution in [0.25, 0.3) is 0 Å². The third-order valence-corrected chi connectivity index (χ3v) is 2.20. The van der Waals surface area contributed by atoms with Gasteiger partial charge in [0.15, 0.2) is 11.6 Å². The third kappa shape index (κ3) is 4.75. The summed E-state index contributed by atoms with van der Waals surface area (Å²) in [6.45, 7) is 9.19. The maximum absolute atomic E-state index is 5.99. The number of nitrogens with one attached hydrogen (secondary N) is 1. The van der Waals surface area contributed by atoms with Crippen LogP contribution in [0, 0.1) is 5.92 Å². The number of hydrogen-bond acceptors (Lipinski definition) is 6. The first kappa shape index (κ1) is 15.2. The second-order valence-electron chi connectivity index (χ2n) is 4.51. The van der Waals surface area contributed by atoms with Gasteiger partial charge in [0.1, 0.15) is 12.3 Å². The highest BCUT2D eigenvalue weighted by Gasteiger charge is 2.13. The molecule has 0 amide bonds. The number of hydrogen-bond donors (Lipinski definition) is 2. The summed E-state index contributed by atoms with van der Waals surface area (Å²) < 4.78 is 10.6. The molecule has 1 heterocycles. The van der Waals surface area contributed by atoms with Gasteiger partial charge >= 0.3 is 0 Å². The molecule has 6 heteroatoms. The number of rotatable bonds is 8. The van der Waals surface area contributed by atoms with Gasteiger partial charge in [-0.05, 0) is 5.92 Å². The first-order valence-electron chi connectivity index (χ1n) is 6.21. The van der Waals surface area contributed by atoms with Gasteiger partial charge < -0.3 is 20.5 Å². The zero-order valence-corrected chi connectivity index (χ0v) is 11.8. The van der Waals surface area contributed by atoms with E-state index in [2.05, 4.69) is 35.7 Å². The summed E-state index contributed by atoms with van der Waals surface area (Å²) in [7, 11) is 1.59. The van der Waals surface area contributed by atoms with Gasteiger partial charge in [0, 0.05) is 13.7 Å². The molecule has 106 valence electrons. The number of nitrogens with two attached hydrogens (primary N) is 1. The van der Waals surface area contributed by atoms with Crippen molar-refractivity contribution in [3.63, 3.8) is 0 Å². The minimum absolute atomic E-state index is 0.307. The summed E-state index contributed by atoms with van der Waals surface area (Å²) >= 11 is 0. The van der Waals surface area contributed by atoms with E-state index >= 15 is 0 Å². The van der Waals surface area contributed by atoms with Crippen molar-refractivity contribution >= 4 is 11.5 Å². The fraction of sp³-hybridized carbons (Fsp3) is 0.538. The second-order valence-corrected chi connectivity index (χ2v) is 4.51. The smallest absolute Gasteiger partial charge is 0.242 e. The zero-order valence-electron chi connectivity index (χ0n) is 11.8. The lowest BCUT2D eigenvalue weighted by molar-refractivity contribution is 0.176. The lowest BCUT2D eigenvalue weighted by Gasteiger charge is -2.14. The van der Waals surface area contributed by atoms with Gasteiger partial charge in [-0.25, -0.2) is 4.98 Å². The molecule has 1 rings (SSSR count). The quantitative estimate of drug-likeness (QED) is 0.699. The number of aromatic nitrogens is 2. The molecule has 1 aromatic heterocycles. The highest BCUT2D eigenvalue weighted by Crippen LogP contribution is 2.26. The average Bonchev–Trinajstić information content (AvgIpc) is 2.37. The predicted octanol–water partition coefficient (Wildman–Crippen LogP) is 1.84. The Morgan fingerprint density at radius 2 is 2.16 bits per heavy atom. The summed E-state index contributed by atoms with van der Waals surface area (Å²) in [5.41, 5.74) is 6.39. The second kappa shape index (κ2) is 7.58. The molecular formula is C13H22N4O2. The van der Waals surface area contributed by atoms with Crippen LogP contribution in [-0.4, -0.2) is 30.2 Å². The largest absolute Gasteiger partial charge is 0.476 e. The minimum atomic E-state index is 0.307. The third-order valence-electron chi connectivity index (χ3n) is 2.20. The van der Waals surface area contributed by atoms with Crippen molar-refractivity contribution in [2.45, 2.75) is 20.5 Å². The number of ether oxygens (including phenoxy) is 2. The Kier molecular flexibility index (Phi) is 6.08. The lowest BCUT2D eigenvalue weighted by atomic mass is 10.2. The van der Waals surface area contributed by atoms with Crippen LogP contribution >= 0.6 is 0 Å². The summed E-state index contributed by atoms with van der Waals surface area (Å²) in [6.07, 6.45) is 1.73. The summed E-state index contributed by atoms with van der Waals surface area (Å²) in [4.78, 5) is 8.54. The van der Waals surface area contributed by atoms with Crippen molar-refractivity contribution in [1.82, 2.24) is 9.97 Å². The molecule has 0 spiro atoms. The summed E-state index contributed by atoms with van der Waals surface area (Å²) in [5, 5.41) is 3.06. The van der Waals surface area contributed by atoms with E-state index in [0.717, 1.165) is 0 Å². The van der Waals surface area contributed by atoms with E-state index in [0.29, 0.717) is 48.9 Å². The first-order chi connectivity index (χ1) is 9.08. The summed E-state index contributed by atoms with van der Waals surface area (Å²) in [5.74, 6) is 1.86. The monoisotopic (exact) mass is 266 g/mol. The first-order valence-corrected chi connectivity index (χ1v) is 6.21. The van der Waals surface area contributed by atoms with Gasteiger partial charge in [-0.15, -0.1) is 6.58 Å². The fourth-order valence-corrected chi connectivity index (χ4v) is 1.35. The van der Waals surface area contributed by atoms with Gasteiger partial charge in [-0.3, -0.25) is 0 Å². The Hall–Kier alpha value is -1.82. The van der Waals surface area contributed by atoms with E-state index in [-0.39, 0.29) is 0 Å². The Balaban J connectivity index is 2.97. The van der Waals surface area contributed by atoms with Crippen molar-refractivity contribution in [3.8, 4) is 5.88 Å². The maximum atomic E-state index is 5.99. The molecule has 0 aliphatic rings. The molecule has 0 atom stereocenters. The Morgan fingerprint density at radius 1 is 1.42 bits per heavy atom. The van der Waals surface area contributed by atoms with E-state index in [4.69, 9.17) is 15.2 Å². The van der Waals surface area contributed by atoms with E-state index in [9.17, 15) is 0 Å². The van der Waals surface area contributed by atoms with E-state index in [1.54, 1.807) is 13.2 Å². The van der Waals surface area contributed by atoms with Gasteiger partial charge in [0.25, 0.3) is 0 Å². The van der Waals surface area contributed by atoms with Gasteiger partial charge in [-0.1, -0.05) is 19.9 Å². The van der Waals surface area contributed by atoms with Crippen LogP contribution in [0.2, 0.25) is 0 Å². The topological polar surface area (TPSA) is 82.3 Å². The number of nitrogens with zero attached hydrogens (tertiary/aromatic N) is 2. The van der Waals surface area contributed by atoms with Crippen LogP contribution < -0.4 is 15.8 Å². The van der Waals surface area contributed by atoms with Crippen LogP contribution in [0.3, 0.4) is 0 Å². The van der Waals surface area contributed by atoms with Gasteiger partial charge in [0.2, 0.25) is 5.88 Å². The van der Waals surface area contributed by atoms with Crippen molar-refractivity contribution in [2.75, 3.05) is 31.3 Å². The standard InChI is InChI=1S/C13H22N4O2/c1-5-6-15-12-11(14)13(19-7-9(2)3)17-10(16-12)8-18-4/h5,9H,1,6-8,14H2,2-4H3,(H,15,16,17). The average molecular weight is 266 g/mol. The number of anilines is 2. The molecule has 0 fully saturated rings. The SMILES string of the molecule is C=CCNc1nc(COC)nc(OCC(C)C)c1N. The zero-order chi connectivity index (χ0) is 14.3. The molecule has 3 N–H and O–H groups in total. The van der Waals surface area contributed by atoms with Crippen LogP contribution in [0.4, 0.5) is 11.5 Å². The molecular weight excluding hydrogens is 244 g/mol. The maximum Gasteiger partial charge on any atom is 0.242 e. The number of methoxy groups -OCH3 is 1. The Bertz CT molecular complexity index is 421. The molecule has 0 bridgehead atoms. The van der Waals surface area contributed by atoms with Gasteiger partial charge in [-0.2, -0.15) is 4.98 Å². The van der Waals surface area contributed by atoms with Crippen LogP contribution in [0.15, 0.2) is 12.7 Å². The van der Waals surface area contributed by atoms with E-state index < -0.39 is 0 Å². The molecule has 0 aromatic carbocycles. The fourth-order valence-electron chi connectivity index (χ4n) is 1.35.